The minimum Gasteiger partial charge on any atom is -0.299 e. The van der Waals surface area contributed by atoms with Crippen molar-refractivity contribution in [2.75, 3.05) is 0 Å². The zero-order chi connectivity index (χ0) is 7.84. The number of Topliss-reactive ketones (excluding diaryl/α,β-unsaturated/α-hetero) is 1. The maximum absolute atomic E-state index is 11.2. The highest BCUT2D eigenvalue weighted by Crippen LogP contribution is 2.47. The second-order valence-electron chi connectivity index (χ2n) is 3.60. The van der Waals surface area contributed by atoms with Gasteiger partial charge in [0, 0.05) is 12.3 Å². The van der Waals surface area contributed by atoms with Gasteiger partial charge in [0.25, 0.3) is 0 Å². The summed E-state index contributed by atoms with van der Waals surface area (Å²) in [7, 11) is 0. The van der Waals surface area contributed by atoms with Gasteiger partial charge in [0.2, 0.25) is 0 Å². The molecule has 0 amide bonds. The Hall–Kier alpha value is -0.840. The van der Waals surface area contributed by atoms with Crippen molar-refractivity contribution < 1.29 is 4.79 Å². The Bertz CT molecular complexity index is 228. The maximum Gasteiger partial charge on any atom is 0.136 e. The van der Waals surface area contributed by atoms with E-state index in [9.17, 15) is 4.79 Å². The van der Waals surface area contributed by atoms with Crippen LogP contribution in [0.15, 0.2) is 0 Å². The number of rotatable bonds is 0. The largest absolute Gasteiger partial charge is 0.299 e. The minimum atomic E-state index is 0.198. The summed E-state index contributed by atoms with van der Waals surface area (Å²) in [6.45, 7) is 0. The van der Waals surface area contributed by atoms with E-state index in [0.717, 1.165) is 25.7 Å². The first-order chi connectivity index (χ1) is 5.33. The molecule has 11 heavy (non-hydrogen) atoms. The number of carbonyl (C=O) groups excluding carboxylic acids is 1. The Morgan fingerprint density at radius 2 is 2.36 bits per heavy atom. The van der Waals surface area contributed by atoms with E-state index in [1.54, 1.807) is 0 Å². The topological polar surface area (TPSA) is 40.9 Å². The van der Waals surface area contributed by atoms with E-state index in [-0.39, 0.29) is 11.8 Å². The van der Waals surface area contributed by atoms with Crippen molar-refractivity contribution >= 4 is 5.78 Å². The fraction of sp³-hybridized carbons (Fsp3) is 0.778. The summed E-state index contributed by atoms with van der Waals surface area (Å²) in [6.07, 6.45) is 3.73. The van der Waals surface area contributed by atoms with Crippen molar-refractivity contribution in [3.63, 3.8) is 0 Å². The molecule has 2 nitrogen and oxygen atoms in total. The van der Waals surface area contributed by atoms with Crippen LogP contribution in [-0.4, -0.2) is 5.78 Å². The Morgan fingerprint density at radius 3 is 3.09 bits per heavy atom. The SMILES string of the molecule is N#C[C@@H]1C[C@@H]2C(=O)CCC[C@H]12. The van der Waals surface area contributed by atoms with Gasteiger partial charge in [-0.2, -0.15) is 5.26 Å². The number of hydrogen-bond acceptors (Lipinski definition) is 2. The van der Waals surface area contributed by atoms with Gasteiger partial charge in [-0.15, -0.1) is 0 Å². The van der Waals surface area contributed by atoms with Gasteiger partial charge in [-0.25, -0.2) is 0 Å². The Morgan fingerprint density at radius 1 is 1.55 bits per heavy atom. The van der Waals surface area contributed by atoms with Crippen LogP contribution >= 0.6 is 0 Å². The lowest BCUT2D eigenvalue weighted by atomic mass is 9.59. The van der Waals surface area contributed by atoms with E-state index in [1.165, 1.54) is 0 Å². The molecule has 0 spiro atoms. The standard InChI is InChI=1S/C9H11NO/c10-5-6-4-8-7(6)2-1-3-9(8)11/h6-8H,1-4H2/t6-,7+,8-/m0/s1. The van der Waals surface area contributed by atoms with Crippen molar-refractivity contribution in [3.05, 3.63) is 0 Å². The third-order valence-corrected chi connectivity index (χ3v) is 3.08. The molecule has 3 atom stereocenters. The summed E-state index contributed by atoms with van der Waals surface area (Å²) in [4.78, 5) is 11.2. The average molecular weight is 149 g/mol. The molecule has 0 radical (unpaired) electrons. The van der Waals surface area contributed by atoms with Gasteiger partial charge in [0.1, 0.15) is 5.78 Å². The van der Waals surface area contributed by atoms with Crippen LogP contribution in [0.4, 0.5) is 0 Å². The average Bonchev–Trinajstić information content (AvgIpc) is 1.95. The van der Waals surface area contributed by atoms with Crippen molar-refractivity contribution in [2.45, 2.75) is 25.7 Å². The van der Waals surface area contributed by atoms with E-state index in [1.807, 2.05) is 0 Å². The van der Waals surface area contributed by atoms with Crippen molar-refractivity contribution in [2.24, 2.45) is 17.8 Å². The fourth-order valence-corrected chi connectivity index (χ4v) is 2.33. The molecule has 2 aliphatic rings. The first kappa shape index (κ1) is 6.84. The molecule has 0 unspecified atom stereocenters. The fourth-order valence-electron chi connectivity index (χ4n) is 2.33. The molecule has 2 heteroatoms. The summed E-state index contributed by atoms with van der Waals surface area (Å²) in [5.41, 5.74) is 0. The molecule has 0 aromatic carbocycles. The van der Waals surface area contributed by atoms with Gasteiger partial charge in [-0.3, -0.25) is 4.79 Å². The second-order valence-corrected chi connectivity index (χ2v) is 3.60. The van der Waals surface area contributed by atoms with Gasteiger partial charge in [-0.1, -0.05) is 0 Å². The lowest BCUT2D eigenvalue weighted by Gasteiger charge is -2.43. The molecule has 2 aliphatic carbocycles. The lowest BCUT2D eigenvalue weighted by Crippen LogP contribution is -2.43. The zero-order valence-corrected chi connectivity index (χ0v) is 6.42. The molecular formula is C9H11NO. The summed E-state index contributed by atoms with van der Waals surface area (Å²) in [5, 5.41) is 8.65. The van der Waals surface area contributed by atoms with Crippen LogP contribution in [0.2, 0.25) is 0 Å². The summed E-state index contributed by atoms with van der Waals surface area (Å²) < 4.78 is 0. The number of hydrogen-bond donors (Lipinski definition) is 0. The van der Waals surface area contributed by atoms with Gasteiger partial charge in [0.05, 0.1) is 12.0 Å². The highest BCUT2D eigenvalue weighted by molar-refractivity contribution is 5.83. The van der Waals surface area contributed by atoms with Gasteiger partial charge >= 0.3 is 0 Å². The molecule has 0 N–H and O–H groups in total. The van der Waals surface area contributed by atoms with Crippen LogP contribution in [0.25, 0.3) is 0 Å². The van der Waals surface area contributed by atoms with E-state index in [4.69, 9.17) is 5.26 Å². The first-order valence-corrected chi connectivity index (χ1v) is 4.25. The quantitative estimate of drug-likeness (QED) is 0.524. The van der Waals surface area contributed by atoms with E-state index in [0.29, 0.717) is 11.7 Å². The van der Waals surface area contributed by atoms with E-state index >= 15 is 0 Å². The van der Waals surface area contributed by atoms with E-state index < -0.39 is 0 Å². The van der Waals surface area contributed by atoms with Crippen molar-refractivity contribution in [3.8, 4) is 6.07 Å². The third-order valence-electron chi connectivity index (χ3n) is 3.08. The molecule has 2 rings (SSSR count). The first-order valence-electron chi connectivity index (χ1n) is 4.25. The Balaban J connectivity index is 2.06. The molecule has 0 aromatic heterocycles. The molecule has 0 saturated heterocycles. The molecule has 2 saturated carbocycles. The highest BCUT2D eigenvalue weighted by atomic mass is 16.1. The zero-order valence-electron chi connectivity index (χ0n) is 6.42. The van der Waals surface area contributed by atoms with Crippen LogP contribution in [0, 0.1) is 29.1 Å². The van der Waals surface area contributed by atoms with Crippen molar-refractivity contribution in [1.29, 1.82) is 5.26 Å². The van der Waals surface area contributed by atoms with Crippen molar-refractivity contribution in [1.82, 2.24) is 0 Å². The van der Waals surface area contributed by atoms with Gasteiger partial charge in [0.15, 0.2) is 0 Å². The second kappa shape index (κ2) is 2.34. The summed E-state index contributed by atoms with van der Waals surface area (Å²) in [5.74, 6) is 1.31. The number of nitriles is 1. The van der Waals surface area contributed by atoms with Crippen LogP contribution in [-0.2, 0) is 4.79 Å². The van der Waals surface area contributed by atoms with Crippen LogP contribution in [0.3, 0.4) is 0 Å². The maximum atomic E-state index is 11.2. The smallest absolute Gasteiger partial charge is 0.136 e. The van der Waals surface area contributed by atoms with Crippen LogP contribution < -0.4 is 0 Å². The summed E-state index contributed by atoms with van der Waals surface area (Å²) in [6, 6.07) is 2.27. The van der Waals surface area contributed by atoms with Crippen LogP contribution in [0.5, 0.6) is 0 Å². The van der Waals surface area contributed by atoms with Crippen LogP contribution in [0.1, 0.15) is 25.7 Å². The molecular weight excluding hydrogens is 138 g/mol. The monoisotopic (exact) mass is 149 g/mol. The molecule has 58 valence electrons. The minimum absolute atomic E-state index is 0.198. The lowest BCUT2D eigenvalue weighted by molar-refractivity contribution is -0.133. The highest BCUT2D eigenvalue weighted by Gasteiger charge is 2.46. The van der Waals surface area contributed by atoms with Gasteiger partial charge < -0.3 is 0 Å². The third kappa shape index (κ3) is 0.875. The Kier molecular flexibility index (Phi) is 1.45. The predicted octanol–water partition coefficient (Wildman–Crippen LogP) is 1.52. The number of fused-ring (bicyclic) bond motifs is 1. The molecule has 0 heterocycles. The molecule has 2 fully saturated rings. The molecule has 0 bridgehead atoms. The normalized spacial score (nSPS) is 42.1. The van der Waals surface area contributed by atoms with Gasteiger partial charge in [-0.05, 0) is 25.2 Å². The number of carbonyl (C=O) groups is 1. The van der Waals surface area contributed by atoms with E-state index in [2.05, 4.69) is 6.07 Å². The Labute approximate surface area is 66.2 Å². The number of nitrogens with zero attached hydrogens (tertiary/aromatic N) is 1. The predicted molar refractivity (Wildman–Crippen MR) is 39.6 cm³/mol. The molecule has 0 aromatic rings. The molecule has 0 aliphatic heterocycles. The number of ketones is 1. The summed E-state index contributed by atoms with van der Waals surface area (Å²) >= 11 is 0.